The van der Waals surface area contributed by atoms with Gasteiger partial charge in [0.15, 0.2) is 5.82 Å². The van der Waals surface area contributed by atoms with Crippen molar-refractivity contribution in [1.82, 2.24) is 9.55 Å². The minimum atomic E-state index is -1.03. The molecule has 33 heavy (non-hydrogen) atoms. The van der Waals surface area contributed by atoms with Crippen LogP contribution in [0.3, 0.4) is 0 Å². The molecule has 2 aromatic carbocycles. The third kappa shape index (κ3) is 3.60. The molecule has 0 saturated heterocycles. The quantitative estimate of drug-likeness (QED) is 0.331. The summed E-state index contributed by atoms with van der Waals surface area (Å²) in [7, 11) is 0. The summed E-state index contributed by atoms with van der Waals surface area (Å²) in [6.45, 7) is 1.97. The molecule has 8 heteroatoms. The van der Waals surface area contributed by atoms with Gasteiger partial charge in [-0.3, -0.25) is 0 Å². The highest BCUT2D eigenvalue weighted by atomic mass is 35.5. The summed E-state index contributed by atoms with van der Waals surface area (Å²) in [4.78, 5) is 3.87. The lowest BCUT2D eigenvalue weighted by molar-refractivity contribution is -0.0241. The highest BCUT2D eigenvalue weighted by Gasteiger charge is 2.50. The van der Waals surface area contributed by atoms with E-state index in [0.717, 1.165) is 22.5 Å². The maximum absolute atomic E-state index is 14.6. The average Bonchev–Trinajstić information content (AvgIpc) is 3.33. The SMILES string of the molecule is C[C@]1(CCc2ccc3cc(Cl)c(N)cc3c2)C[C@@H](n2ccc3c(N)ncc(F)c32)[C@H](O)[C@@H]1O. The van der Waals surface area contributed by atoms with Gasteiger partial charge in [-0.25, -0.2) is 9.37 Å². The standard InChI is InChI=1S/C25H26ClFN4O2/c1-25(6-4-13-2-3-14-9-17(26)19(28)10-15(14)8-13)11-20(22(32)23(25)33)31-7-5-16-21(31)18(27)12-30-24(16)29/h2-3,5,7-10,12,20,22-23,32-33H,4,6,11,28H2,1H3,(H2,29,30)/t20-,22+,23+,25+/m1/s1. The van der Waals surface area contributed by atoms with Gasteiger partial charge in [-0.15, -0.1) is 0 Å². The van der Waals surface area contributed by atoms with E-state index < -0.39 is 29.5 Å². The van der Waals surface area contributed by atoms with Gasteiger partial charge in [-0.1, -0.05) is 36.7 Å². The number of halogens is 2. The van der Waals surface area contributed by atoms with Gasteiger partial charge in [0.1, 0.15) is 11.9 Å². The Morgan fingerprint density at radius 1 is 1.18 bits per heavy atom. The van der Waals surface area contributed by atoms with E-state index in [1.54, 1.807) is 16.8 Å². The van der Waals surface area contributed by atoms with Gasteiger partial charge in [-0.2, -0.15) is 0 Å². The molecule has 2 aromatic heterocycles. The molecule has 172 valence electrons. The van der Waals surface area contributed by atoms with Crippen LogP contribution in [0.4, 0.5) is 15.9 Å². The molecular formula is C25H26ClFN4O2. The number of anilines is 2. The zero-order valence-corrected chi connectivity index (χ0v) is 18.9. The number of nitrogen functional groups attached to an aromatic ring is 2. The topological polar surface area (TPSA) is 110 Å². The number of benzene rings is 2. The summed E-state index contributed by atoms with van der Waals surface area (Å²) >= 11 is 6.12. The molecule has 4 atom stereocenters. The Morgan fingerprint density at radius 3 is 2.76 bits per heavy atom. The van der Waals surface area contributed by atoms with Crippen molar-refractivity contribution in [1.29, 1.82) is 0 Å². The molecule has 0 radical (unpaired) electrons. The van der Waals surface area contributed by atoms with Crippen LogP contribution in [0.25, 0.3) is 21.7 Å². The van der Waals surface area contributed by atoms with Crippen LogP contribution in [-0.4, -0.2) is 32.0 Å². The van der Waals surface area contributed by atoms with Crippen LogP contribution in [0.2, 0.25) is 5.02 Å². The van der Waals surface area contributed by atoms with Crippen LogP contribution in [0, 0.1) is 11.2 Å². The van der Waals surface area contributed by atoms with Crippen LogP contribution >= 0.6 is 11.6 Å². The largest absolute Gasteiger partial charge is 0.398 e. The first-order valence-corrected chi connectivity index (χ1v) is 11.3. The molecule has 1 aliphatic carbocycles. The number of aliphatic hydroxyl groups excluding tert-OH is 2. The maximum Gasteiger partial charge on any atom is 0.165 e. The molecule has 0 bridgehead atoms. The predicted octanol–water partition coefficient (Wildman–Crippen LogP) is 4.45. The number of nitrogens with two attached hydrogens (primary N) is 2. The number of rotatable bonds is 4. The number of nitrogens with zero attached hydrogens (tertiary/aromatic N) is 2. The third-order valence-corrected chi connectivity index (χ3v) is 7.53. The van der Waals surface area contributed by atoms with E-state index in [9.17, 15) is 14.6 Å². The Bertz CT molecular complexity index is 1370. The molecule has 1 aliphatic rings. The van der Waals surface area contributed by atoms with Crippen molar-refractivity contribution in [2.24, 2.45) is 5.41 Å². The fraction of sp³-hybridized carbons (Fsp3) is 0.320. The van der Waals surface area contributed by atoms with Crippen LogP contribution in [0.1, 0.15) is 31.4 Å². The van der Waals surface area contributed by atoms with Gasteiger partial charge in [0.05, 0.1) is 34.6 Å². The predicted molar refractivity (Wildman–Crippen MR) is 130 cm³/mol. The summed E-state index contributed by atoms with van der Waals surface area (Å²) in [6.07, 6.45) is 2.68. The van der Waals surface area contributed by atoms with Crippen LogP contribution in [0.15, 0.2) is 48.8 Å². The van der Waals surface area contributed by atoms with Crippen molar-refractivity contribution in [2.75, 3.05) is 11.5 Å². The highest BCUT2D eigenvalue weighted by molar-refractivity contribution is 6.33. The molecule has 0 unspecified atom stereocenters. The molecule has 1 saturated carbocycles. The zero-order valence-electron chi connectivity index (χ0n) is 18.2. The Kier molecular flexibility index (Phi) is 5.23. The van der Waals surface area contributed by atoms with Crippen molar-refractivity contribution in [3.05, 3.63) is 65.2 Å². The minimum absolute atomic E-state index is 0.235. The van der Waals surface area contributed by atoms with Crippen molar-refractivity contribution < 1.29 is 14.6 Å². The summed E-state index contributed by atoms with van der Waals surface area (Å²) in [5.74, 6) is -0.269. The monoisotopic (exact) mass is 468 g/mol. The summed E-state index contributed by atoms with van der Waals surface area (Å²) in [6, 6.07) is 11.1. The first-order valence-electron chi connectivity index (χ1n) is 10.9. The lowest BCUT2D eigenvalue weighted by Gasteiger charge is -2.28. The first kappa shape index (κ1) is 21.9. The molecule has 0 aliphatic heterocycles. The molecule has 6 N–H and O–H groups in total. The number of pyridine rings is 1. The number of fused-ring (bicyclic) bond motifs is 2. The van der Waals surface area contributed by atoms with E-state index in [0.29, 0.717) is 40.9 Å². The fourth-order valence-corrected chi connectivity index (χ4v) is 5.39. The van der Waals surface area contributed by atoms with E-state index in [1.807, 2.05) is 31.2 Å². The number of aromatic nitrogens is 2. The highest BCUT2D eigenvalue weighted by Crippen LogP contribution is 2.48. The Morgan fingerprint density at radius 2 is 1.97 bits per heavy atom. The van der Waals surface area contributed by atoms with Crippen molar-refractivity contribution in [3.63, 3.8) is 0 Å². The minimum Gasteiger partial charge on any atom is -0.398 e. The summed E-state index contributed by atoms with van der Waals surface area (Å²) in [5.41, 5.74) is 13.2. The van der Waals surface area contributed by atoms with E-state index in [4.69, 9.17) is 23.1 Å². The van der Waals surface area contributed by atoms with Crippen LogP contribution in [0.5, 0.6) is 0 Å². The number of hydrogen-bond donors (Lipinski definition) is 4. The van der Waals surface area contributed by atoms with Crippen molar-refractivity contribution in [2.45, 2.75) is 44.4 Å². The normalized spacial score (nSPS) is 25.3. The first-order chi connectivity index (χ1) is 15.7. The number of hydrogen-bond acceptors (Lipinski definition) is 5. The van der Waals surface area contributed by atoms with Crippen LogP contribution in [-0.2, 0) is 6.42 Å². The summed E-state index contributed by atoms with van der Waals surface area (Å²) in [5, 5.41) is 24.9. The van der Waals surface area contributed by atoms with Crippen molar-refractivity contribution in [3.8, 4) is 0 Å². The van der Waals surface area contributed by atoms with Gasteiger partial charge in [0.25, 0.3) is 0 Å². The molecule has 0 amide bonds. The zero-order chi connectivity index (χ0) is 23.5. The molecule has 4 aromatic rings. The smallest absolute Gasteiger partial charge is 0.165 e. The average molecular weight is 469 g/mol. The Hall–Kier alpha value is -2.87. The number of aryl methyl sites for hydroxylation is 1. The van der Waals surface area contributed by atoms with Gasteiger partial charge in [0.2, 0.25) is 0 Å². The second-order valence-corrected chi connectivity index (χ2v) is 9.80. The van der Waals surface area contributed by atoms with Crippen LogP contribution < -0.4 is 11.5 Å². The van der Waals surface area contributed by atoms with Gasteiger partial charge >= 0.3 is 0 Å². The molecule has 5 rings (SSSR count). The van der Waals surface area contributed by atoms with Gasteiger partial charge in [-0.05, 0) is 59.2 Å². The summed E-state index contributed by atoms with van der Waals surface area (Å²) < 4.78 is 16.3. The molecular weight excluding hydrogens is 443 g/mol. The van der Waals surface area contributed by atoms with Gasteiger partial charge in [0, 0.05) is 11.6 Å². The van der Waals surface area contributed by atoms with E-state index in [2.05, 4.69) is 11.1 Å². The Labute approximate surface area is 195 Å². The second kappa shape index (κ2) is 7.87. The fourth-order valence-electron chi connectivity index (χ4n) is 5.22. The lowest BCUT2D eigenvalue weighted by atomic mass is 9.80. The Balaban J connectivity index is 1.40. The van der Waals surface area contributed by atoms with Gasteiger partial charge < -0.3 is 26.2 Å². The molecule has 1 fully saturated rings. The maximum atomic E-state index is 14.6. The molecule has 2 heterocycles. The second-order valence-electron chi connectivity index (χ2n) is 9.39. The molecule has 6 nitrogen and oxygen atoms in total. The molecule has 0 spiro atoms. The number of aliphatic hydroxyl groups is 2. The third-order valence-electron chi connectivity index (χ3n) is 7.20. The van der Waals surface area contributed by atoms with Crippen molar-refractivity contribution >= 4 is 44.8 Å². The van der Waals surface area contributed by atoms with E-state index in [1.165, 1.54) is 0 Å². The lowest BCUT2D eigenvalue weighted by Crippen LogP contribution is -2.35. The van der Waals surface area contributed by atoms with E-state index in [-0.39, 0.29) is 5.82 Å². The van der Waals surface area contributed by atoms with E-state index >= 15 is 0 Å².